The third kappa shape index (κ3) is 10.9. The van der Waals surface area contributed by atoms with Crippen LogP contribution < -0.4 is 0 Å². The van der Waals surface area contributed by atoms with E-state index in [1.165, 1.54) is 16.7 Å². The van der Waals surface area contributed by atoms with Crippen LogP contribution in [0, 0.1) is 16.2 Å². The van der Waals surface area contributed by atoms with Crippen molar-refractivity contribution in [3.05, 3.63) is 119 Å². The van der Waals surface area contributed by atoms with E-state index < -0.39 is 11.5 Å². The van der Waals surface area contributed by atoms with Gasteiger partial charge in [0.1, 0.15) is 0 Å². The summed E-state index contributed by atoms with van der Waals surface area (Å²) in [6.45, 7) is 20.9. The van der Waals surface area contributed by atoms with Gasteiger partial charge in [-0.25, -0.2) is 0 Å². The average molecular weight is 585 g/mol. The molecule has 1 fully saturated rings. The van der Waals surface area contributed by atoms with E-state index in [0.29, 0.717) is 12.8 Å². The van der Waals surface area contributed by atoms with E-state index in [4.69, 9.17) is 0 Å². The number of rotatable bonds is 11. The molecule has 0 saturated heterocycles. The summed E-state index contributed by atoms with van der Waals surface area (Å²) in [6, 6.07) is 0. The van der Waals surface area contributed by atoms with Crippen molar-refractivity contribution in [2.75, 3.05) is 0 Å². The number of hydrogen-bond acceptors (Lipinski definition) is 3. The first-order chi connectivity index (χ1) is 20.0. The van der Waals surface area contributed by atoms with Gasteiger partial charge >= 0.3 is 0 Å². The quantitative estimate of drug-likeness (QED) is 0.188. The Labute approximate surface area is 262 Å². The number of carbonyl (C=O) groups is 1. The predicted molar refractivity (Wildman–Crippen MR) is 185 cm³/mol. The number of ketones is 1. The van der Waals surface area contributed by atoms with Gasteiger partial charge in [-0.1, -0.05) is 141 Å². The van der Waals surface area contributed by atoms with E-state index in [2.05, 4.69) is 97.9 Å². The fraction of sp³-hybridized carbons (Fsp3) is 0.475. The molecule has 3 nitrogen and oxygen atoms in total. The lowest BCUT2D eigenvalue weighted by Gasteiger charge is -2.35. The van der Waals surface area contributed by atoms with E-state index in [9.17, 15) is 15.0 Å². The Morgan fingerprint density at radius 2 is 1.14 bits per heavy atom. The molecule has 0 aromatic carbocycles. The zero-order valence-electron chi connectivity index (χ0n) is 28.4. The van der Waals surface area contributed by atoms with Crippen LogP contribution in [0.4, 0.5) is 0 Å². The number of aliphatic hydroxyl groups is 2. The van der Waals surface area contributed by atoms with E-state index in [1.807, 2.05) is 50.3 Å². The fourth-order valence-corrected chi connectivity index (χ4v) is 6.19. The van der Waals surface area contributed by atoms with Gasteiger partial charge in [0.05, 0.1) is 12.2 Å². The molecule has 0 spiro atoms. The van der Waals surface area contributed by atoms with Crippen LogP contribution in [-0.4, -0.2) is 28.2 Å². The summed E-state index contributed by atoms with van der Waals surface area (Å²) in [7, 11) is 0. The van der Waals surface area contributed by atoms with Crippen LogP contribution in [0.1, 0.15) is 94.9 Å². The topological polar surface area (TPSA) is 57.5 Å². The van der Waals surface area contributed by atoms with E-state index in [0.717, 1.165) is 29.6 Å². The van der Waals surface area contributed by atoms with Crippen LogP contribution >= 0.6 is 0 Å². The largest absolute Gasteiger partial charge is 0.393 e. The Balaban J connectivity index is 1.89. The molecule has 0 aliphatic heterocycles. The average Bonchev–Trinajstić information content (AvgIpc) is 3.10. The van der Waals surface area contributed by atoms with Crippen molar-refractivity contribution in [2.24, 2.45) is 16.2 Å². The first-order valence-corrected chi connectivity index (χ1v) is 15.7. The van der Waals surface area contributed by atoms with Gasteiger partial charge in [0.15, 0.2) is 5.78 Å². The molecule has 2 N–H and O–H groups in total. The maximum absolute atomic E-state index is 12.9. The highest BCUT2D eigenvalue weighted by Gasteiger charge is 2.52. The number of allylic oxidation sites excluding steroid dienone is 19. The minimum Gasteiger partial charge on any atom is -0.393 e. The zero-order valence-corrected chi connectivity index (χ0v) is 28.4. The third-order valence-electron chi connectivity index (χ3n) is 9.18. The maximum Gasteiger partial charge on any atom is 0.162 e. The second kappa shape index (κ2) is 15.6. The molecule has 0 unspecified atom stereocenters. The summed E-state index contributed by atoms with van der Waals surface area (Å²) >= 11 is 0. The van der Waals surface area contributed by atoms with E-state index in [1.54, 1.807) is 6.08 Å². The summed E-state index contributed by atoms with van der Waals surface area (Å²) in [4.78, 5) is 12.9. The molecule has 234 valence electrons. The summed E-state index contributed by atoms with van der Waals surface area (Å²) in [5.41, 5.74) is 6.34. The van der Waals surface area contributed by atoms with Crippen molar-refractivity contribution in [1.29, 1.82) is 0 Å². The third-order valence-corrected chi connectivity index (χ3v) is 9.18. The van der Waals surface area contributed by atoms with Crippen LogP contribution in [-0.2, 0) is 4.79 Å². The molecule has 3 heteroatoms. The maximum atomic E-state index is 12.9. The smallest absolute Gasteiger partial charge is 0.162 e. The van der Waals surface area contributed by atoms with Crippen molar-refractivity contribution in [1.82, 2.24) is 0 Å². The number of carbonyl (C=O) groups excluding carboxylic acids is 1. The Morgan fingerprint density at radius 3 is 1.63 bits per heavy atom. The van der Waals surface area contributed by atoms with Crippen LogP contribution in [0.5, 0.6) is 0 Å². The van der Waals surface area contributed by atoms with Gasteiger partial charge < -0.3 is 10.2 Å². The van der Waals surface area contributed by atoms with E-state index >= 15 is 0 Å². The normalized spacial score (nSPS) is 27.7. The van der Waals surface area contributed by atoms with Crippen molar-refractivity contribution < 1.29 is 15.0 Å². The molecule has 0 heterocycles. The van der Waals surface area contributed by atoms with Gasteiger partial charge in [0.25, 0.3) is 0 Å². The first kappa shape index (κ1) is 36.2. The molecule has 0 aromatic rings. The molecule has 0 aromatic heterocycles. The zero-order chi connectivity index (χ0) is 32.4. The molecule has 0 amide bonds. The summed E-state index contributed by atoms with van der Waals surface area (Å²) in [5, 5.41) is 20.2. The molecule has 2 rings (SSSR count). The van der Waals surface area contributed by atoms with Gasteiger partial charge in [0, 0.05) is 5.41 Å². The molecule has 2 aliphatic rings. The molecular weight excluding hydrogens is 528 g/mol. The molecular formula is C40H56O3. The van der Waals surface area contributed by atoms with Gasteiger partial charge in [-0.3, -0.25) is 4.79 Å². The Kier molecular flexibility index (Phi) is 13.2. The van der Waals surface area contributed by atoms with Crippen LogP contribution in [0.25, 0.3) is 0 Å². The first-order valence-electron chi connectivity index (χ1n) is 15.7. The summed E-state index contributed by atoms with van der Waals surface area (Å²) < 4.78 is 0. The van der Waals surface area contributed by atoms with Gasteiger partial charge in [0.2, 0.25) is 0 Å². The lowest BCUT2D eigenvalue weighted by atomic mass is 9.66. The Bertz CT molecular complexity index is 1310. The predicted octanol–water partition coefficient (Wildman–Crippen LogP) is 9.81. The highest BCUT2D eigenvalue weighted by Crippen LogP contribution is 2.53. The van der Waals surface area contributed by atoms with Crippen molar-refractivity contribution in [2.45, 2.75) is 107 Å². The Hall–Kier alpha value is -3.01. The van der Waals surface area contributed by atoms with Crippen LogP contribution in [0.2, 0.25) is 0 Å². The van der Waals surface area contributed by atoms with Gasteiger partial charge in [-0.05, 0) is 82.8 Å². The lowest BCUT2D eigenvalue weighted by Crippen LogP contribution is -2.36. The molecule has 43 heavy (non-hydrogen) atoms. The SMILES string of the molecule is CC1=C(/C=C/C(C)=C/C=C/C(C)=C\C=C\C=C(C)\C=C\C=C(C)\C=C\C(=O)[C@]2(C)C[C@@H](O)CC2(C)C)C(C)(C)C[C@H](O)C1. The molecule has 1 saturated carbocycles. The van der Waals surface area contributed by atoms with Crippen LogP contribution in [0.3, 0.4) is 0 Å². The molecule has 0 bridgehead atoms. The van der Waals surface area contributed by atoms with E-state index in [-0.39, 0.29) is 22.7 Å². The highest BCUT2D eigenvalue weighted by molar-refractivity contribution is 5.95. The Morgan fingerprint density at radius 1 is 0.651 bits per heavy atom. The second-order valence-electron chi connectivity index (χ2n) is 14.2. The highest BCUT2D eigenvalue weighted by atomic mass is 16.3. The van der Waals surface area contributed by atoms with Crippen molar-refractivity contribution in [3.8, 4) is 0 Å². The number of aliphatic hydroxyl groups excluding tert-OH is 2. The molecule has 0 radical (unpaired) electrons. The minimum absolute atomic E-state index is 0.00528. The summed E-state index contributed by atoms with van der Waals surface area (Å²) in [6.07, 6.45) is 30.6. The molecule has 2 aliphatic carbocycles. The van der Waals surface area contributed by atoms with Crippen molar-refractivity contribution >= 4 is 5.78 Å². The monoisotopic (exact) mass is 584 g/mol. The van der Waals surface area contributed by atoms with Gasteiger partial charge in [-0.2, -0.15) is 0 Å². The number of hydrogen-bond donors (Lipinski definition) is 2. The second-order valence-corrected chi connectivity index (χ2v) is 14.2. The summed E-state index contributed by atoms with van der Waals surface area (Å²) in [5.74, 6) is 0.0853. The lowest BCUT2D eigenvalue weighted by molar-refractivity contribution is -0.127. The van der Waals surface area contributed by atoms with Crippen LogP contribution in [0.15, 0.2) is 119 Å². The fourth-order valence-electron chi connectivity index (χ4n) is 6.19. The molecule has 3 atom stereocenters. The van der Waals surface area contributed by atoms with Gasteiger partial charge in [-0.15, -0.1) is 0 Å². The minimum atomic E-state index is -0.532. The standard InChI is InChI=1S/C40H56O3/c1-29(17-13-19-31(3)21-23-36-33(5)25-34(41)26-38(36,6)7)15-11-12-16-30(2)18-14-20-32(4)22-24-37(43)40(10)28-35(42)27-39(40,8)9/h11-24,34-35,41-42H,25-28H2,1-10H3/b12-11+,17-13+,18-14+,23-21+,24-22+,29-15-,30-16+,31-19+,32-20+/t34-,35+,40+/m1/s1. The van der Waals surface area contributed by atoms with Crippen molar-refractivity contribution in [3.63, 3.8) is 0 Å².